The summed E-state index contributed by atoms with van der Waals surface area (Å²) in [7, 11) is 5.44. The minimum absolute atomic E-state index is 0.0192. The monoisotopic (exact) mass is 411 g/mol. The van der Waals surface area contributed by atoms with Gasteiger partial charge in [-0.2, -0.15) is 0 Å². The fraction of sp³-hybridized carbons (Fsp3) is 0.458. The molecule has 0 aliphatic carbocycles. The van der Waals surface area contributed by atoms with E-state index in [9.17, 15) is 4.79 Å². The van der Waals surface area contributed by atoms with Gasteiger partial charge in [0, 0.05) is 39.1 Å². The van der Waals surface area contributed by atoms with Crippen molar-refractivity contribution in [2.75, 3.05) is 54.0 Å². The van der Waals surface area contributed by atoms with Crippen LogP contribution in [0.2, 0.25) is 0 Å². The Morgan fingerprint density at radius 3 is 2.43 bits per heavy atom. The Labute approximate surface area is 179 Å². The maximum absolute atomic E-state index is 12.8. The number of ether oxygens (including phenoxy) is 2. The second kappa shape index (κ2) is 11.0. The molecule has 1 unspecified atom stereocenters. The summed E-state index contributed by atoms with van der Waals surface area (Å²) in [6.45, 7) is 5.00. The van der Waals surface area contributed by atoms with Crippen LogP contribution in [-0.4, -0.2) is 69.7 Å². The molecule has 6 heteroatoms. The van der Waals surface area contributed by atoms with E-state index in [1.807, 2.05) is 36.4 Å². The smallest absolute Gasteiger partial charge is 0.220 e. The molecule has 1 amide bonds. The highest BCUT2D eigenvalue weighted by Crippen LogP contribution is 2.25. The average Bonchev–Trinajstić information content (AvgIpc) is 2.79. The van der Waals surface area contributed by atoms with Gasteiger partial charge < -0.3 is 19.7 Å². The van der Waals surface area contributed by atoms with Crippen LogP contribution in [0.15, 0.2) is 48.5 Å². The van der Waals surface area contributed by atoms with Crippen LogP contribution >= 0.6 is 0 Å². The summed E-state index contributed by atoms with van der Waals surface area (Å²) in [6, 6.07) is 15.9. The molecule has 6 nitrogen and oxygen atoms in total. The minimum atomic E-state index is -0.0192. The molecule has 2 aromatic rings. The highest BCUT2D eigenvalue weighted by atomic mass is 16.5. The first kappa shape index (κ1) is 22.1. The number of carbonyl (C=O) groups excluding carboxylic acids is 1. The molecular formula is C24H33N3O3. The first-order valence-electron chi connectivity index (χ1n) is 10.5. The van der Waals surface area contributed by atoms with Crippen molar-refractivity contribution in [1.82, 2.24) is 15.1 Å². The lowest BCUT2D eigenvalue weighted by Gasteiger charge is -2.35. The number of hydrogen-bond acceptors (Lipinski definition) is 5. The Morgan fingerprint density at radius 1 is 1.03 bits per heavy atom. The summed E-state index contributed by atoms with van der Waals surface area (Å²) in [4.78, 5) is 17.6. The third-order valence-corrected chi connectivity index (χ3v) is 5.68. The second-order valence-electron chi connectivity index (χ2n) is 7.81. The molecule has 0 spiro atoms. The molecule has 0 aromatic heterocycles. The maximum atomic E-state index is 12.8. The SMILES string of the molecule is COc1ccc(OC)c(CCC(=O)NC(CN2CCN(C)CC2)c2ccccc2)c1. The van der Waals surface area contributed by atoms with E-state index in [-0.39, 0.29) is 11.9 Å². The van der Waals surface area contributed by atoms with E-state index in [0.29, 0.717) is 12.8 Å². The van der Waals surface area contributed by atoms with E-state index in [1.54, 1.807) is 14.2 Å². The number of methoxy groups -OCH3 is 2. The molecule has 0 bridgehead atoms. The van der Waals surface area contributed by atoms with Crippen LogP contribution in [0.4, 0.5) is 0 Å². The molecule has 0 radical (unpaired) electrons. The normalized spacial score (nSPS) is 16.1. The van der Waals surface area contributed by atoms with Gasteiger partial charge in [0.05, 0.1) is 20.3 Å². The van der Waals surface area contributed by atoms with E-state index in [1.165, 1.54) is 0 Å². The van der Waals surface area contributed by atoms with Gasteiger partial charge in [-0.15, -0.1) is 0 Å². The van der Waals surface area contributed by atoms with Gasteiger partial charge in [0.2, 0.25) is 5.91 Å². The lowest BCUT2D eigenvalue weighted by atomic mass is 10.0. The number of benzene rings is 2. The van der Waals surface area contributed by atoms with Gasteiger partial charge in [-0.05, 0) is 42.8 Å². The summed E-state index contributed by atoms with van der Waals surface area (Å²) in [5.41, 5.74) is 2.12. The van der Waals surface area contributed by atoms with Gasteiger partial charge in [-0.3, -0.25) is 9.69 Å². The van der Waals surface area contributed by atoms with Gasteiger partial charge >= 0.3 is 0 Å². The van der Waals surface area contributed by atoms with E-state index < -0.39 is 0 Å². The van der Waals surface area contributed by atoms with E-state index in [0.717, 1.165) is 55.3 Å². The zero-order valence-electron chi connectivity index (χ0n) is 18.3. The molecule has 1 fully saturated rings. The Morgan fingerprint density at radius 2 is 1.77 bits per heavy atom. The number of hydrogen-bond donors (Lipinski definition) is 1. The predicted molar refractivity (Wildman–Crippen MR) is 119 cm³/mol. The largest absolute Gasteiger partial charge is 0.497 e. The summed E-state index contributed by atoms with van der Waals surface area (Å²) in [5, 5.41) is 3.26. The van der Waals surface area contributed by atoms with Crippen molar-refractivity contribution in [1.29, 1.82) is 0 Å². The molecule has 2 aromatic carbocycles. The number of carbonyl (C=O) groups is 1. The molecule has 0 saturated carbocycles. The second-order valence-corrected chi connectivity index (χ2v) is 7.81. The fourth-order valence-electron chi connectivity index (χ4n) is 3.80. The highest BCUT2D eigenvalue weighted by Gasteiger charge is 2.21. The number of amides is 1. The average molecular weight is 412 g/mol. The van der Waals surface area contributed by atoms with Crippen LogP contribution < -0.4 is 14.8 Å². The number of piperazine rings is 1. The van der Waals surface area contributed by atoms with Crippen LogP contribution in [0.1, 0.15) is 23.6 Å². The van der Waals surface area contributed by atoms with Crippen LogP contribution in [0.25, 0.3) is 0 Å². The fourth-order valence-corrected chi connectivity index (χ4v) is 3.80. The molecule has 1 N–H and O–H groups in total. The van der Waals surface area contributed by atoms with Crippen molar-refractivity contribution in [3.05, 3.63) is 59.7 Å². The quantitative estimate of drug-likeness (QED) is 0.688. The summed E-state index contributed by atoms with van der Waals surface area (Å²) in [6.07, 6.45) is 0.998. The Hall–Kier alpha value is -2.57. The summed E-state index contributed by atoms with van der Waals surface area (Å²) >= 11 is 0. The maximum Gasteiger partial charge on any atom is 0.220 e. The third-order valence-electron chi connectivity index (χ3n) is 5.68. The number of likely N-dealkylation sites (N-methyl/N-ethyl adjacent to an activating group) is 1. The molecular weight excluding hydrogens is 378 g/mol. The number of nitrogens with one attached hydrogen (secondary N) is 1. The van der Waals surface area contributed by atoms with E-state index in [4.69, 9.17) is 9.47 Å². The number of aryl methyl sites for hydroxylation is 1. The standard InChI is InChI=1S/C24H33N3O3/c1-26-13-15-27(16-14-26)18-22(19-7-5-4-6-8-19)25-24(28)12-9-20-17-21(29-2)10-11-23(20)30-3/h4-8,10-11,17,22H,9,12-16,18H2,1-3H3,(H,25,28). The summed E-state index contributed by atoms with van der Waals surface area (Å²) in [5.74, 6) is 1.59. The van der Waals surface area contributed by atoms with Crippen LogP contribution in [0.5, 0.6) is 11.5 Å². The van der Waals surface area contributed by atoms with Crippen molar-refractivity contribution in [3.8, 4) is 11.5 Å². The number of nitrogens with zero attached hydrogens (tertiary/aromatic N) is 2. The lowest BCUT2D eigenvalue weighted by Crippen LogP contribution is -2.47. The van der Waals surface area contributed by atoms with Gasteiger partial charge in [-0.25, -0.2) is 0 Å². The Kier molecular flexibility index (Phi) is 8.11. The van der Waals surface area contributed by atoms with Gasteiger partial charge in [0.1, 0.15) is 11.5 Å². The zero-order chi connectivity index (χ0) is 21.3. The van der Waals surface area contributed by atoms with E-state index >= 15 is 0 Å². The summed E-state index contributed by atoms with van der Waals surface area (Å²) < 4.78 is 10.7. The molecule has 30 heavy (non-hydrogen) atoms. The van der Waals surface area contributed by atoms with Crippen molar-refractivity contribution in [2.24, 2.45) is 0 Å². The lowest BCUT2D eigenvalue weighted by molar-refractivity contribution is -0.122. The van der Waals surface area contributed by atoms with Crippen LogP contribution in [0, 0.1) is 0 Å². The first-order valence-corrected chi connectivity index (χ1v) is 10.5. The number of rotatable bonds is 9. The zero-order valence-corrected chi connectivity index (χ0v) is 18.3. The van der Waals surface area contributed by atoms with Crippen LogP contribution in [0.3, 0.4) is 0 Å². The topological polar surface area (TPSA) is 54.0 Å². The molecule has 1 heterocycles. The molecule has 1 aliphatic rings. The van der Waals surface area contributed by atoms with Crippen molar-refractivity contribution >= 4 is 5.91 Å². The molecule has 3 rings (SSSR count). The van der Waals surface area contributed by atoms with Crippen molar-refractivity contribution in [3.63, 3.8) is 0 Å². The van der Waals surface area contributed by atoms with Crippen molar-refractivity contribution < 1.29 is 14.3 Å². The third kappa shape index (κ3) is 6.21. The predicted octanol–water partition coefficient (Wildman–Crippen LogP) is 2.74. The minimum Gasteiger partial charge on any atom is -0.497 e. The van der Waals surface area contributed by atoms with E-state index in [2.05, 4.69) is 34.3 Å². The Balaban J connectivity index is 1.63. The first-order chi connectivity index (χ1) is 14.6. The molecule has 1 aliphatic heterocycles. The van der Waals surface area contributed by atoms with Gasteiger partial charge in [0.25, 0.3) is 0 Å². The van der Waals surface area contributed by atoms with Crippen molar-refractivity contribution in [2.45, 2.75) is 18.9 Å². The molecule has 162 valence electrons. The van der Waals surface area contributed by atoms with Crippen LogP contribution in [-0.2, 0) is 11.2 Å². The molecule has 1 saturated heterocycles. The highest BCUT2D eigenvalue weighted by molar-refractivity contribution is 5.77. The Bertz CT molecular complexity index is 805. The molecule has 1 atom stereocenters. The van der Waals surface area contributed by atoms with Gasteiger partial charge in [0.15, 0.2) is 0 Å². The van der Waals surface area contributed by atoms with Gasteiger partial charge in [-0.1, -0.05) is 30.3 Å².